The highest BCUT2D eigenvalue weighted by Gasteiger charge is 2.02. The van der Waals surface area contributed by atoms with E-state index in [-0.39, 0.29) is 0 Å². The van der Waals surface area contributed by atoms with Crippen molar-refractivity contribution in [3.8, 4) is 0 Å². The number of unbranched alkanes of at least 4 members (excludes halogenated alkanes) is 2. The molecule has 0 amide bonds. The number of benzene rings is 2. The van der Waals surface area contributed by atoms with Gasteiger partial charge >= 0.3 is 8.25 Å². The lowest BCUT2D eigenvalue weighted by Crippen LogP contribution is -2.16. The van der Waals surface area contributed by atoms with Gasteiger partial charge in [-0.25, -0.2) is 0 Å². The average Bonchev–Trinajstić information content (AvgIpc) is 2.69. The van der Waals surface area contributed by atoms with E-state index in [0.717, 1.165) is 42.6 Å². The number of hydrogen-bond donors (Lipinski definition) is 3. The maximum atomic E-state index is 10.4. The minimum absolute atomic E-state index is 0.305. The molecule has 0 heterocycles. The van der Waals surface area contributed by atoms with Crippen LogP contribution in [0.3, 0.4) is 0 Å². The molecule has 0 aliphatic carbocycles. The van der Waals surface area contributed by atoms with Gasteiger partial charge in [0.2, 0.25) is 0 Å². The Labute approximate surface area is 177 Å². The van der Waals surface area contributed by atoms with E-state index >= 15 is 0 Å². The van der Waals surface area contributed by atoms with Gasteiger partial charge in [-0.2, -0.15) is 0 Å². The Morgan fingerprint density at radius 3 is 2.54 bits per heavy atom. The molecule has 0 aliphatic rings. The Bertz CT molecular complexity index is 716. The van der Waals surface area contributed by atoms with Gasteiger partial charge in [0, 0.05) is 23.2 Å². The van der Waals surface area contributed by atoms with E-state index in [2.05, 4.69) is 79.6 Å². The maximum absolute atomic E-state index is 10.4. The van der Waals surface area contributed by atoms with Gasteiger partial charge in [0.15, 0.2) is 0 Å². The van der Waals surface area contributed by atoms with Gasteiger partial charge < -0.3 is 20.1 Å². The van der Waals surface area contributed by atoms with Gasteiger partial charge in [-0.05, 0) is 71.4 Å². The Kier molecular flexibility index (Phi) is 11.5. The lowest BCUT2D eigenvalue weighted by Gasteiger charge is -2.11. The first-order valence-corrected chi connectivity index (χ1v) is 11.8. The average molecular weight is 469 g/mol. The van der Waals surface area contributed by atoms with Gasteiger partial charge in [0.25, 0.3) is 0 Å². The molecular weight excluding hydrogens is 439 g/mol. The lowest BCUT2D eigenvalue weighted by molar-refractivity contribution is 0.276. The van der Waals surface area contributed by atoms with Crippen LogP contribution < -0.4 is 10.6 Å². The fraction of sp³-hybridized carbons (Fsp3) is 0.429. The molecule has 0 spiro atoms. The minimum Gasteiger partial charge on any atom is -0.384 e. The van der Waals surface area contributed by atoms with Crippen LogP contribution in [0.25, 0.3) is 0 Å². The summed E-state index contributed by atoms with van der Waals surface area (Å²) in [5.41, 5.74) is 3.73. The molecule has 28 heavy (non-hydrogen) atoms. The van der Waals surface area contributed by atoms with E-state index in [9.17, 15) is 4.57 Å². The van der Waals surface area contributed by atoms with Crippen LogP contribution in [0.5, 0.6) is 0 Å². The Morgan fingerprint density at radius 2 is 1.79 bits per heavy atom. The second-order valence-electron chi connectivity index (χ2n) is 6.68. The fourth-order valence-electron chi connectivity index (χ4n) is 2.90. The molecule has 0 saturated carbocycles. The van der Waals surface area contributed by atoms with Crippen LogP contribution in [-0.4, -0.2) is 24.6 Å². The molecule has 0 radical (unpaired) electrons. The van der Waals surface area contributed by atoms with Crippen molar-refractivity contribution in [1.29, 1.82) is 0 Å². The molecule has 0 aliphatic heterocycles. The van der Waals surface area contributed by atoms with Crippen LogP contribution in [-0.2, 0) is 22.1 Å². The predicted molar refractivity (Wildman–Crippen MR) is 120 cm³/mol. The van der Waals surface area contributed by atoms with Crippen LogP contribution in [0, 0.1) is 0 Å². The molecule has 3 N–H and O–H groups in total. The van der Waals surface area contributed by atoms with Crippen molar-refractivity contribution >= 4 is 29.9 Å². The fourth-order valence-corrected chi connectivity index (χ4v) is 3.79. The number of nitrogens with one attached hydrogen (secondary N) is 2. The molecule has 154 valence electrons. The molecule has 0 bridgehead atoms. The third-order valence-electron chi connectivity index (χ3n) is 4.39. The van der Waals surface area contributed by atoms with Gasteiger partial charge in [-0.1, -0.05) is 42.8 Å². The first-order valence-electron chi connectivity index (χ1n) is 9.78. The van der Waals surface area contributed by atoms with Crippen molar-refractivity contribution in [2.24, 2.45) is 0 Å². The van der Waals surface area contributed by atoms with Crippen molar-refractivity contribution in [2.75, 3.05) is 25.0 Å². The Morgan fingerprint density at radius 1 is 0.964 bits per heavy atom. The zero-order valence-electron chi connectivity index (χ0n) is 16.1. The van der Waals surface area contributed by atoms with E-state index in [1.54, 1.807) is 0 Å². The third-order valence-corrected chi connectivity index (χ3v) is 5.49. The second-order valence-corrected chi connectivity index (χ2v) is 8.36. The Hall–Kier alpha value is -1.17. The van der Waals surface area contributed by atoms with Crippen LogP contribution in [0.2, 0.25) is 0 Å². The summed E-state index contributed by atoms with van der Waals surface area (Å²) in [7, 11) is -2.80. The molecule has 1 unspecified atom stereocenters. The molecule has 2 aromatic rings. The second kappa shape index (κ2) is 13.9. The summed E-state index contributed by atoms with van der Waals surface area (Å²) in [6.45, 7) is 2.78. The molecular formula is C21H30BrN2O3P. The van der Waals surface area contributed by atoms with E-state index in [1.807, 2.05) is 0 Å². The maximum Gasteiger partial charge on any atom is 0.316 e. The first kappa shape index (κ1) is 23.1. The normalized spacial score (nSPS) is 12.1. The quantitative estimate of drug-likeness (QED) is 0.264. The van der Waals surface area contributed by atoms with Crippen LogP contribution in [0.15, 0.2) is 53.0 Å². The Balaban J connectivity index is 1.58. The number of rotatable bonds is 14. The zero-order valence-corrected chi connectivity index (χ0v) is 18.7. The first-order chi connectivity index (χ1) is 13.6. The number of hydrogen-bond acceptors (Lipinski definition) is 4. The van der Waals surface area contributed by atoms with E-state index < -0.39 is 8.25 Å². The zero-order chi connectivity index (χ0) is 20.0. The summed E-state index contributed by atoms with van der Waals surface area (Å²) in [6, 6.07) is 17.0. The predicted octanol–water partition coefficient (Wildman–Crippen LogP) is 5.15. The topological polar surface area (TPSA) is 70.6 Å². The van der Waals surface area contributed by atoms with E-state index in [0.29, 0.717) is 13.0 Å². The number of anilines is 1. The van der Waals surface area contributed by atoms with Gasteiger partial charge in [-0.3, -0.25) is 4.57 Å². The van der Waals surface area contributed by atoms with E-state index in [1.165, 1.54) is 24.0 Å². The number of aryl methyl sites for hydroxylation is 1. The molecule has 0 fully saturated rings. The SMILES string of the molecule is O=[PH](O)OCCCNCc1ccc(NCCCCCc2ccccc2)c(Br)c1. The third kappa shape index (κ3) is 9.85. The highest BCUT2D eigenvalue weighted by atomic mass is 79.9. The van der Waals surface area contributed by atoms with Crippen molar-refractivity contribution in [1.82, 2.24) is 5.32 Å². The van der Waals surface area contributed by atoms with Crippen molar-refractivity contribution < 1.29 is 14.0 Å². The van der Waals surface area contributed by atoms with E-state index in [4.69, 9.17) is 4.89 Å². The summed E-state index contributed by atoms with van der Waals surface area (Å²) in [5, 5.41) is 6.81. The summed E-state index contributed by atoms with van der Waals surface area (Å²) in [4.78, 5) is 8.59. The molecule has 0 aromatic heterocycles. The summed E-state index contributed by atoms with van der Waals surface area (Å²) >= 11 is 3.64. The molecule has 7 heteroatoms. The van der Waals surface area contributed by atoms with Crippen LogP contribution in [0.1, 0.15) is 36.8 Å². The molecule has 5 nitrogen and oxygen atoms in total. The summed E-state index contributed by atoms with van der Waals surface area (Å²) in [5.74, 6) is 0. The molecule has 2 aromatic carbocycles. The largest absolute Gasteiger partial charge is 0.384 e. The molecule has 2 rings (SSSR count). The smallest absolute Gasteiger partial charge is 0.316 e. The highest BCUT2D eigenvalue weighted by Crippen LogP contribution is 2.24. The summed E-state index contributed by atoms with van der Waals surface area (Å²) in [6.07, 6.45) is 5.46. The summed E-state index contributed by atoms with van der Waals surface area (Å²) < 4.78 is 16.2. The van der Waals surface area contributed by atoms with Gasteiger partial charge in [0.1, 0.15) is 0 Å². The standard InChI is InChI=1S/C21H30BrN2O3P/c22-20-16-19(17-23-13-7-15-27-28(25)26)11-12-21(20)24-14-6-2-5-10-18-8-3-1-4-9-18/h1,3-4,8-9,11-12,16,23-24,28H,2,5-7,10,13-15,17H2,(H,25,26). The monoisotopic (exact) mass is 468 g/mol. The van der Waals surface area contributed by atoms with Crippen molar-refractivity contribution in [2.45, 2.75) is 38.6 Å². The van der Waals surface area contributed by atoms with Crippen molar-refractivity contribution in [3.05, 3.63) is 64.1 Å². The molecule has 0 saturated heterocycles. The highest BCUT2D eigenvalue weighted by molar-refractivity contribution is 9.10. The number of halogens is 1. The lowest BCUT2D eigenvalue weighted by atomic mass is 10.1. The molecule has 1 atom stereocenters. The van der Waals surface area contributed by atoms with Crippen molar-refractivity contribution in [3.63, 3.8) is 0 Å². The van der Waals surface area contributed by atoms with Gasteiger partial charge in [0.05, 0.1) is 6.61 Å². The minimum atomic E-state index is -2.80. The van der Waals surface area contributed by atoms with Gasteiger partial charge in [-0.15, -0.1) is 0 Å². The van der Waals surface area contributed by atoms with Crippen LogP contribution >= 0.6 is 24.2 Å². The van der Waals surface area contributed by atoms with Crippen LogP contribution in [0.4, 0.5) is 5.69 Å².